The molecule has 0 bridgehead atoms. The van der Waals surface area contributed by atoms with E-state index in [0.29, 0.717) is 17.3 Å². The summed E-state index contributed by atoms with van der Waals surface area (Å²) in [6.45, 7) is 4.23. The van der Waals surface area contributed by atoms with Gasteiger partial charge >= 0.3 is 0 Å². The Balaban J connectivity index is 1.80. The molecule has 1 aromatic carbocycles. The van der Waals surface area contributed by atoms with Gasteiger partial charge in [-0.1, -0.05) is 11.6 Å². The van der Waals surface area contributed by atoms with E-state index in [9.17, 15) is 4.79 Å². The molecular formula is C14H16ClN3O2. The monoisotopic (exact) mass is 293 g/mol. The van der Waals surface area contributed by atoms with Crippen LogP contribution in [-0.2, 0) is 11.3 Å². The predicted octanol–water partition coefficient (Wildman–Crippen LogP) is 2.38. The molecule has 106 valence electrons. The summed E-state index contributed by atoms with van der Waals surface area (Å²) in [7, 11) is 0. The number of ether oxygens (including phenoxy) is 1. The number of halogens is 1. The lowest BCUT2D eigenvalue weighted by Crippen LogP contribution is -2.28. The third-order valence-corrected chi connectivity index (χ3v) is 3.18. The van der Waals surface area contributed by atoms with Crippen LogP contribution in [0.1, 0.15) is 17.0 Å². The second-order valence-electron chi connectivity index (χ2n) is 4.43. The van der Waals surface area contributed by atoms with Crippen LogP contribution in [0.5, 0.6) is 5.75 Å². The van der Waals surface area contributed by atoms with Gasteiger partial charge < -0.3 is 10.1 Å². The van der Waals surface area contributed by atoms with E-state index in [2.05, 4.69) is 15.5 Å². The molecule has 1 heterocycles. The lowest BCUT2D eigenvalue weighted by molar-refractivity contribution is -0.123. The Kier molecular flexibility index (Phi) is 4.63. The maximum Gasteiger partial charge on any atom is 0.258 e. The Bertz CT molecular complexity index is 573. The maximum absolute atomic E-state index is 11.7. The lowest BCUT2D eigenvalue weighted by Gasteiger charge is -2.07. The van der Waals surface area contributed by atoms with E-state index in [-0.39, 0.29) is 12.5 Å². The van der Waals surface area contributed by atoms with Crippen molar-refractivity contribution in [1.29, 1.82) is 0 Å². The number of aromatic nitrogens is 2. The molecule has 2 N–H and O–H groups in total. The highest BCUT2D eigenvalue weighted by atomic mass is 35.5. The van der Waals surface area contributed by atoms with Crippen molar-refractivity contribution in [2.24, 2.45) is 0 Å². The van der Waals surface area contributed by atoms with Gasteiger partial charge in [-0.25, -0.2) is 0 Å². The first-order chi connectivity index (χ1) is 9.56. The van der Waals surface area contributed by atoms with Crippen molar-refractivity contribution in [2.45, 2.75) is 20.4 Å². The summed E-state index contributed by atoms with van der Waals surface area (Å²) in [4.78, 5) is 11.7. The summed E-state index contributed by atoms with van der Waals surface area (Å²) in [5.74, 6) is 0.431. The van der Waals surface area contributed by atoms with E-state index in [0.717, 1.165) is 17.0 Å². The molecule has 0 saturated carbocycles. The molecule has 0 aliphatic carbocycles. The minimum absolute atomic E-state index is 0.0302. The third-order valence-electron chi connectivity index (χ3n) is 2.93. The Morgan fingerprint density at radius 3 is 2.65 bits per heavy atom. The number of rotatable bonds is 5. The quantitative estimate of drug-likeness (QED) is 0.889. The van der Waals surface area contributed by atoms with E-state index in [1.807, 2.05) is 13.8 Å². The fourth-order valence-electron chi connectivity index (χ4n) is 1.75. The van der Waals surface area contributed by atoms with E-state index in [4.69, 9.17) is 16.3 Å². The molecule has 6 heteroatoms. The summed E-state index contributed by atoms with van der Waals surface area (Å²) < 4.78 is 5.36. The molecule has 0 unspecified atom stereocenters. The van der Waals surface area contributed by atoms with Crippen LogP contribution in [0.4, 0.5) is 0 Å². The predicted molar refractivity (Wildman–Crippen MR) is 76.9 cm³/mol. The Morgan fingerprint density at radius 2 is 2.05 bits per heavy atom. The molecule has 0 aliphatic heterocycles. The fraction of sp³-hybridized carbons (Fsp3) is 0.286. The molecular weight excluding hydrogens is 278 g/mol. The maximum atomic E-state index is 11.7. The first-order valence-electron chi connectivity index (χ1n) is 6.22. The van der Waals surface area contributed by atoms with Gasteiger partial charge in [-0.2, -0.15) is 5.10 Å². The second-order valence-corrected chi connectivity index (χ2v) is 4.87. The van der Waals surface area contributed by atoms with Gasteiger partial charge in [-0.15, -0.1) is 0 Å². The smallest absolute Gasteiger partial charge is 0.258 e. The summed E-state index contributed by atoms with van der Waals surface area (Å²) >= 11 is 5.77. The van der Waals surface area contributed by atoms with Gasteiger partial charge in [-0.05, 0) is 38.1 Å². The number of aromatic amines is 1. The number of hydrogen-bond donors (Lipinski definition) is 2. The van der Waals surface area contributed by atoms with E-state index >= 15 is 0 Å². The molecule has 0 saturated heterocycles. The van der Waals surface area contributed by atoms with Crippen molar-refractivity contribution in [3.05, 3.63) is 46.2 Å². The molecule has 2 rings (SSSR count). The molecule has 0 spiro atoms. The highest BCUT2D eigenvalue weighted by Crippen LogP contribution is 2.15. The van der Waals surface area contributed by atoms with Gasteiger partial charge in [0.25, 0.3) is 5.91 Å². The number of carbonyl (C=O) groups excluding carboxylic acids is 1. The zero-order chi connectivity index (χ0) is 14.5. The third kappa shape index (κ3) is 3.74. The SMILES string of the molecule is Cc1n[nH]c(C)c1CNC(=O)COc1ccc(Cl)cc1. The standard InChI is InChI=1S/C14H16ClN3O2/c1-9-13(10(2)18-17-9)7-16-14(19)8-20-12-5-3-11(15)4-6-12/h3-6H,7-8H2,1-2H3,(H,16,19)(H,17,18). The zero-order valence-electron chi connectivity index (χ0n) is 11.4. The van der Waals surface area contributed by atoms with Crippen LogP contribution < -0.4 is 10.1 Å². The number of hydrogen-bond acceptors (Lipinski definition) is 3. The van der Waals surface area contributed by atoms with Crippen molar-refractivity contribution in [1.82, 2.24) is 15.5 Å². The number of H-pyrrole nitrogens is 1. The lowest BCUT2D eigenvalue weighted by atomic mass is 10.2. The number of nitrogens with zero attached hydrogens (tertiary/aromatic N) is 1. The summed E-state index contributed by atoms with van der Waals surface area (Å²) in [5, 5.41) is 10.4. The Morgan fingerprint density at radius 1 is 1.35 bits per heavy atom. The highest BCUT2D eigenvalue weighted by Gasteiger charge is 2.08. The van der Waals surface area contributed by atoms with Gasteiger partial charge in [0.15, 0.2) is 6.61 Å². The summed E-state index contributed by atoms with van der Waals surface area (Å²) in [6.07, 6.45) is 0. The zero-order valence-corrected chi connectivity index (χ0v) is 12.1. The molecule has 1 amide bonds. The normalized spacial score (nSPS) is 10.3. The minimum Gasteiger partial charge on any atom is -0.484 e. The molecule has 0 aliphatic rings. The Hall–Kier alpha value is -2.01. The fourth-order valence-corrected chi connectivity index (χ4v) is 1.88. The van der Waals surface area contributed by atoms with Crippen LogP contribution in [0.2, 0.25) is 5.02 Å². The van der Waals surface area contributed by atoms with E-state index in [1.165, 1.54) is 0 Å². The molecule has 0 fully saturated rings. The van der Waals surface area contributed by atoms with Crippen molar-refractivity contribution in [2.75, 3.05) is 6.61 Å². The van der Waals surface area contributed by atoms with Gasteiger partial charge in [-0.3, -0.25) is 9.89 Å². The molecule has 1 aromatic heterocycles. The van der Waals surface area contributed by atoms with Crippen LogP contribution in [0.3, 0.4) is 0 Å². The first-order valence-corrected chi connectivity index (χ1v) is 6.59. The molecule has 0 radical (unpaired) electrons. The van der Waals surface area contributed by atoms with Crippen LogP contribution >= 0.6 is 11.6 Å². The molecule has 2 aromatic rings. The number of nitrogens with one attached hydrogen (secondary N) is 2. The van der Waals surface area contributed by atoms with Crippen LogP contribution in [0.25, 0.3) is 0 Å². The first kappa shape index (κ1) is 14.4. The van der Waals surface area contributed by atoms with Gasteiger partial charge in [0, 0.05) is 22.8 Å². The number of amides is 1. The highest BCUT2D eigenvalue weighted by molar-refractivity contribution is 6.30. The topological polar surface area (TPSA) is 67.0 Å². The van der Waals surface area contributed by atoms with Crippen molar-refractivity contribution < 1.29 is 9.53 Å². The van der Waals surface area contributed by atoms with Crippen LogP contribution in [-0.4, -0.2) is 22.7 Å². The average molecular weight is 294 g/mol. The molecule has 0 atom stereocenters. The van der Waals surface area contributed by atoms with E-state index in [1.54, 1.807) is 24.3 Å². The minimum atomic E-state index is -0.181. The summed E-state index contributed by atoms with van der Waals surface area (Å²) in [5.41, 5.74) is 2.85. The van der Waals surface area contributed by atoms with Gasteiger partial charge in [0.05, 0.1) is 5.69 Å². The summed E-state index contributed by atoms with van der Waals surface area (Å²) in [6, 6.07) is 6.87. The van der Waals surface area contributed by atoms with Crippen LogP contribution in [0.15, 0.2) is 24.3 Å². The largest absolute Gasteiger partial charge is 0.484 e. The molecule has 20 heavy (non-hydrogen) atoms. The van der Waals surface area contributed by atoms with Crippen molar-refractivity contribution in [3.8, 4) is 5.75 Å². The van der Waals surface area contributed by atoms with Crippen LogP contribution in [0, 0.1) is 13.8 Å². The Labute approximate surface area is 122 Å². The van der Waals surface area contributed by atoms with Crippen molar-refractivity contribution in [3.63, 3.8) is 0 Å². The number of benzene rings is 1. The van der Waals surface area contributed by atoms with Crippen molar-refractivity contribution >= 4 is 17.5 Å². The van der Waals surface area contributed by atoms with Gasteiger partial charge in [0.2, 0.25) is 0 Å². The average Bonchev–Trinajstić information content (AvgIpc) is 2.75. The molecule has 5 nitrogen and oxygen atoms in total. The second kappa shape index (κ2) is 6.43. The van der Waals surface area contributed by atoms with E-state index < -0.39 is 0 Å². The van der Waals surface area contributed by atoms with Gasteiger partial charge in [0.1, 0.15) is 5.75 Å². The number of aryl methyl sites for hydroxylation is 2. The number of carbonyl (C=O) groups is 1.